The Morgan fingerprint density at radius 2 is 1.77 bits per heavy atom. The van der Waals surface area contributed by atoms with E-state index in [4.69, 9.17) is 26.2 Å². The largest absolute Gasteiger partial charge is 0.495 e. The van der Waals surface area contributed by atoms with Crippen LogP contribution in [0.1, 0.15) is 21.5 Å². The third-order valence-electron chi connectivity index (χ3n) is 3.87. The van der Waals surface area contributed by atoms with Crippen LogP contribution in [0, 0.1) is 13.8 Å². The molecule has 1 amide bonds. The highest BCUT2D eigenvalue weighted by molar-refractivity contribution is 6.32. The summed E-state index contributed by atoms with van der Waals surface area (Å²) in [5.41, 5.74) is 2.48. The lowest BCUT2D eigenvalue weighted by Crippen LogP contribution is -2.26. The Bertz CT molecular complexity index is 827. The highest BCUT2D eigenvalue weighted by Crippen LogP contribution is 2.30. The second-order valence-electron chi connectivity index (χ2n) is 5.80. The van der Waals surface area contributed by atoms with Crippen molar-refractivity contribution in [1.29, 1.82) is 0 Å². The zero-order chi connectivity index (χ0) is 19.4. The molecule has 6 nitrogen and oxygen atoms in total. The van der Waals surface area contributed by atoms with Crippen molar-refractivity contribution in [3.8, 4) is 11.5 Å². The third-order valence-corrected chi connectivity index (χ3v) is 4.17. The van der Waals surface area contributed by atoms with E-state index in [2.05, 4.69) is 0 Å². The van der Waals surface area contributed by atoms with Crippen LogP contribution < -0.4 is 14.4 Å². The molecule has 1 N–H and O–H groups in total. The van der Waals surface area contributed by atoms with Crippen LogP contribution in [0.3, 0.4) is 0 Å². The maximum Gasteiger partial charge on any atom is 0.341 e. The molecule has 0 heterocycles. The quantitative estimate of drug-likeness (QED) is 0.830. The minimum Gasteiger partial charge on any atom is -0.495 e. The van der Waals surface area contributed by atoms with E-state index in [0.717, 1.165) is 0 Å². The number of amides is 1. The summed E-state index contributed by atoms with van der Waals surface area (Å²) in [7, 11) is 3.18. The fraction of sp³-hybridized carbons (Fsp3) is 0.263. The Morgan fingerprint density at radius 1 is 1.15 bits per heavy atom. The average molecular weight is 378 g/mol. The van der Waals surface area contributed by atoms with Gasteiger partial charge < -0.3 is 19.5 Å². The molecule has 0 fully saturated rings. The number of rotatable bonds is 6. The van der Waals surface area contributed by atoms with Crippen molar-refractivity contribution in [2.45, 2.75) is 13.8 Å². The number of nitrogens with zero attached hydrogens (tertiary/aromatic N) is 1. The van der Waals surface area contributed by atoms with Crippen molar-refractivity contribution < 1.29 is 24.2 Å². The molecular weight excluding hydrogens is 358 g/mol. The number of aliphatic carboxylic acids is 1. The van der Waals surface area contributed by atoms with Gasteiger partial charge in [0.15, 0.2) is 6.61 Å². The molecule has 0 saturated carbocycles. The van der Waals surface area contributed by atoms with Gasteiger partial charge in [-0.2, -0.15) is 0 Å². The first-order valence-electron chi connectivity index (χ1n) is 7.82. The minimum absolute atomic E-state index is 0.220. The maximum atomic E-state index is 12.8. The molecule has 0 aliphatic heterocycles. The lowest BCUT2D eigenvalue weighted by atomic mass is 10.0. The first-order chi connectivity index (χ1) is 12.2. The first-order valence-corrected chi connectivity index (χ1v) is 8.19. The van der Waals surface area contributed by atoms with Crippen LogP contribution in [0.15, 0.2) is 30.3 Å². The summed E-state index contributed by atoms with van der Waals surface area (Å²) in [6.45, 7) is 3.11. The van der Waals surface area contributed by atoms with Gasteiger partial charge in [0.1, 0.15) is 11.5 Å². The van der Waals surface area contributed by atoms with Gasteiger partial charge in [-0.15, -0.1) is 0 Å². The normalized spacial score (nSPS) is 10.3. The van der Waals surface area contributed by atoms with Crippen LogP contribution >= 0.6 is 11.6 Å². The molecule has 138 valence electrons. The van der Waals surface area contributed by atoms with Gasteiger partial charge in [0.25, 0.3) is 5.91 Å². The van der Waals surface area contributed by atoms with Gasteiger partial charge in [-0.05, 0) is 55.3 Å². The van der Waals surface area contributed by atoms with E-state index in [1.54, 1.807) is 51.2 Å². The second kappa shape index (κ2) is 8.10. The summed E-state index contributed by atoms with van der Waals surface area (Å²) in [5.74, 6) is -0.274. The van der Waals surface area contributed by atoms with Gasteiger partial charge in [-0.1, -0.05) is 11.6 Å². The summed E-state index contributed by atoms with van der Waals surface area (Å²) < 4.78 is 10.4. The molecule has 7 heteroatoms. The Hall–Kier alpha value is -2.73. The van der Waals surface area contributed by atoms with E-state index in [1.165, 1.54) is 12.0 Å². The smallest absolute Gasteiger partial charge is 0.341 e. The average Bonchev–Trinajstić information content (AvgIpc) is 2.59. The number of anilines is 1. The van der Waals surface area contributed by atoms with Crippen LogP contribution in [0.25, 0.3) is 0 Å². The number of hydrogen-bond acceptors (Lipinski definition) is 4. The van der Waals surface area contributed by atoms with Crippen molar-refractivity contribution in [3.05, 3.63) is 52.0 Å². The zero-order valence-corrected chi connectivity index (χ0v) is 15.8. The lowest BCUT2D eigenvalue weighted by molar-refractivity contribution is -0.139. The molecule has 0 radical (unpaired) electrons. The fourth-order valence-corrected chi connectivity index (χ4v) is 2.86. The summed E-state index contributed by atoms with van der Waals surface area (Å²) >= 11 is 6.13. The van der Waals surface area contributed by atoms with E-state index in [-0.39, 0.29) is 5.91 Å². The molecule has 26 heavy (non-hydrogen) atoms. The molecule has 0 saturated heterocycles. The molecule has 0 aliphatic rings. The monoisotopic (exact) mass is 377 g/mol. The molecular formula is C19H20ClNO5. The number of halogens is 1. The van der Waals surface area contributed by atoms with Crippen molar-refractivity contribution >= 4 is 29.2 Å². The van der Waals surface area contributed by atoms with Gasteiger partial charge in [0.2, 0.25) is 0 Å². The third kappa shape index (κ3) is 4.26. The summed E-state index contributed by atoms with van der Waals surface area (Å²) in [5, 5.41) is 9.16. The number of ether oxygens (including phenoxy) is 2. The van der Waals surface area contributed by atoms with E-state index in [1.807, 2.05) is 0 Å². The maximum absolute atomic E-state index is 12.8. The number of carboxylic acids is 1. The molecule has 2 rings (SSSR count). The van der Waals surface area contributed by atoms with Gasteiger partial charge in [-0.3, -0.25) is 4.79 Å². The fourth-order valence-electron chi connectivity index (χ4n) is 2.61. The van der Waals surface area contributed by atoms with E-state index in [9.17, 15) is 9.59 Å². The molecule has 0 aromatic heterocycles. The standard InChI is InChI=1S/C19H20ClNO5/c1-11-7-13(8-12(2)18(11)26-10-17(22)23)19(24)21(3)14-5-6-16(25-4)15(20)9-14/h5-9H,10H2,1-4H3,(H,22,23). The Balaban J connectivity index is 2.28. The van der Waals surface area contributed by atoms with Crippen LogP contribution in [-0.4, -0.2) is 37.7 Å². The molecule has 0 unspecified atom stereocenters. The number of carboxylic acid groups (broad SMARTS) is 1. The number of methoxy groups -OCH3 is 1. The highest BCUT2D eigenvalue weighted by atomic mass is 35.5. The Morgan fingerprint density at radius 3 is 2.27 bits per heavy atom. The second-order valence-corrected chi connectivity index (χ2v) is 6.21. The number of hydrogen-bond donors (Lipinski definition) is 1. The van der Waals surface area contributed by atoms with E-state index < -0.39 is 12.6 Å². The Labute approximate surface area is 156 Å². The van der Waals surface area contributed by atoms with Gasteiger partial charge in [0.05, 0.1) is 12.1 Å². The summed E-state index contributed by atoms with van der Waals surface area (Å²) in [6, 6.07) is 8.44. The van der Waals surface area contributed by atoms with Gasteiger partial charge >= 0.3 is 5.97 Å². The summed E-state index contributed by atoms with van der Waals surface area (Å²) in [4.78, 5) is 25.0. The minimum atomic E-state index is -1.06. The van der Waals surface area contributed by atoms with Gasteiger partial charge in [-0.25, -0.2) is 4.79 Å². The zero-order valence-electron chi connectivity index (χ0n) is 15.0. The first kappa shape index (κ1) is 19.6. The molecule has 0 atom stereocenters. The van der Waals surface area contributed by atoms with Crippen LogP contribution in [0.5, 0.6) is 11.5 Å². The van der Waals surface area contributed by atoms with Crippen LogP contribution in [0.4, 0.5) is 5.69 Å². The van der Waals surface area contributed by atoms with Crippen LogP contribution in [-0.2, 0) is 4.79 Å². The highest BCUT2D eigenvalue weighted by Gasteiger charge is 2.18. The molecule has 2 aromatic rings. The molecule has 0 bridgehead atoms. The van der Waals surface area contributed by atoms with Crippen molar-refractivity contribution in [3.63, 3.8) is 0 Å². The predicted molar refractivity (Wildman–Crippen MR) is 99.8 cm³/mol. The van der Waals surface area contributed by atoms with Crippen LogP contribution in [0.2, 0.25) is 5.02 Å². The van der Waals surface area contributed by atoms with E-state index >= 15 is 0 Å². The Kier molecular flexibility index (Phi) is 6.10. The molecule has 0 aliphatic carbocycles. The molecule has 0 spiro atoms. The van der Waals surface area contributed by atoms with Crippen molar-refractivity contribution in [2.24, 2.45) is 0 Å². The number of benzene rings is 2. The number of carbonyl (C=O) groups excluding carboxylic acids is 1. The topological polar surface area (TPSA) is 76.1 Å². The SMILES string of the molecule is COc1ccc(N(C)C(=O)c2cc(C)c(OCC(=O)O)c(C)c2)cc1Cl. The summed E-state index contributed by atoms with van der Waals surface area (Å²) in [6.07, 6.45) is 0. The van der Waals surface area contributed by atoms with Crippen molar-refractivity contribution in [2.75, 3.05) is 25.7 Å². The van der Waals surface area contributed by atoms with Gasteiger partial charge in [0, 0.05) is 18.3 Å². The number of carbonyl (C=O) groups is 2. The van der Waals surface area contributed by atoms with Crippen molar-refractivity contribution in [1.82, 2.24) is 0 Å². The molecule has 2 aromatic carbocycles. The number of aryl methyl sites for hydroxylation is 2. The predicted octanol–water partition coefficient (Wildman–Crippen LogP) is 3.71. The van der Waals surface area contributed by atoms with E-state index in [0.29, 0.717) is 38.9 Å². The lowest BCUT2D eigenvalue weighted by Gasteiger charge is -2.20.